The minimum absolute atomic E-state index is 0.229. The third-order valence-corrected chi connectivity index (χ3v) is 3.04. The first-order valence-electron chi connectivity index (χ1n) is 5.30. The maximum absolute atomic E-state index is 12.8. The smallest absolute Gasteiger partial charge is 0.123 e. The first-order valence-corrected chi connectivity index (χ1v) is 5.30. The predicted molar refractivity (Wildman–Crippen MR) is 59.3 cm³/mol. The fourth-order valence-electron chi connectivity index (χ4n) is 2.00. The van der Waals surface area contributed by atoms with Gasteiger partial charge in [-0.1, -0.05) is 0 Å². The van der Waals surface area contributed by atoms with Gasteiger partial charge in [0.15, 0.2) is 0 Å². The molecule has 1 saturated carbocycles. The molecule has 3 rings (SSSR count). The zero-order valence-corrected chi connectivity index (χ0v) is 8.65. The minimum Gasteiger partial charge on any atom is -0.327 e. The van der Waals surface area contributed by atoms with E-state index in [0.717, 1.165) is 23.2 Å². The van der Waals surface area contributed by atoms with Crippen LogP contribution in [0.1, 0.15) is 17.9 Å². The average Bonchev–Trinajstić information content (AvgIpc) is 2.82. The van der Waals surface area contributed by atoms with E-state index in [4.69, 9.17) is 5.73 Å². The summed E-state index contributed by atoms with van der Waals surface area (Å²) in [6.07, 6.45) is 2.82. The van der Waals surface area contributed by atoms with Gasteiger partial charge in [-0.25, -0.2) is 4.39 Å². The van der Waals surface area contributed by atoms with Gasteiger partial charge in [-0.05, 0) is 30.7 Å². The topological polar surface area (TPSA) is 54.7 Å². The van der Waals surface area contributed by atoms with E-state index in [1.54, 1.807) is 12.1 Å². The van der Waals surface area contributed by atoms with Crippen LogP contribution in [0.2, 0.25) is 0 Å². The Balaban J connectivity index is 2.00. The lowest BCUT2D eigenvalue weighted by Crippen LogP contribution is -2.01. The standard InChI is InChI=1S/C12H12FN3/c13-8-3-1-7(2-4-8)12-10(6-15-16-12)9-5-11(9)14/h1-4,6,9,11H,5,14H2,(H,15,16). The lowest BCUT2D eigenvalue weighted by Gasteiger charge is -2.01. The molecule has 1 aliphatic carbocycles. The van der Waals surface area contributed by atoms with E-state index < -0.39 is 0 Å². The number of aromatic nitrogens is 2. The van der Waals surface area contributed by atoms with Crippen molar-refractivity contribution in [1.29, 1.82) is 0 Å². The van der Waals surface area contributed by atoms with Crippen LogP contribution < -0.4 is 5.73 Å². The molecule has 1 aromatic carbocycles. The van der Waals surface area contributed by atoms with Crippen molar-refractivity contribution in [2.45, 2.75) is 18.4 Å². The third kappa shape index (κ3) is 1.51. The Hall–Kier alpha value is -1.68. The van der Waals surface area contributed by atoms with E-state index in [1.165, 1.54) is 12.1 Å². The molecular formula is C12H12FN3. The van der Waals surface area contributed by atoms with Gasteiger partial charge in [0, 0.05) is 23.1 Å². The molecule has 4 heteroatoms. The van der Waals surface area contributed by atoms with Crippen LogP contribution in [-0.4, -0.2) is 16.2 Å². The quantitative estimate of drug-likeness (QED) is 0.808. The number of hydrogen-bond donors (Lipinski definition) is 2. The van der Waals surface area contributed by atoms with Gasteiger partial charge in [0.2, 0.25) is 0 Å². The van der Waals surface area contributed by atoms with Crippen molar-refractivity contribution in [3.8, 4) is 11.3 Å². The van der Waals surface area contributed by atoms with Crippen molar-refractivity contribution in [2.24, 2.45) is 5.73 Å². The normalized spacial score (nSPS) is 23.4. The number of nitrogens with zero attached hydrogens (tertiary/aromatic N) is 1. The van der Waals surface area contributed by atoms with Crippen molar-refractivity contribution in [2.75, 3.05) is 0 Å². The summed E-state index contributed by atoms with van der Waals surface area (Å²) in [4.78, 5) is 0. The maximum atomic E-state index is 12.8. The van der Waals surface area contributed by atoms with E-state index in [-0.39, 0.29) is 11.9 Å². The molecule has 16 heavy (non-hydrogen) atoms. The van der Waals surface area contributed by atoms with E-state index in [0.29, 0.717) is 5.92 Å². The number of halogens is 1. The monoisotopic (exact) mass is 217 g/mol. The van der Waals surface area contributed by atoms with Crippen molar-refractivity contribution in [3.63, 3.8) is 0 Å². The fraction of sp³-hybridized carbons (Fsp3) is 0.250. The molecule has 2 atom stereocenters. The second kappa shape index (κ2) is 3.42. The Labute approximate surface area is 92.5 Å². The molecule has 3 nitrogen and oxygen atoms in total. The molecule has 82 valence electrons. The summed E-state index contributed by atoms with van der Waals surface area (Å²) in [5, 5.41) is 7.00. The van der Waals surface area contributed by atoms with Crippen LogP contribution >= 0.6 is 0 Å². The van der Waals surface area contributed by atoms with E-state index in [9.17, 15) is 4.39 Å². The van der Waals surface area contributed by atoms with Gasteiger partial charge in [0.1, 0.15) is 5.82 Å². The third-order valence-electron chi connectivity index (χ3n) is 3.04. The maximum Gasteiger partial charge on any atom is 0.123 e. The Morgan fingerprint density at radius 2 is 2.00 bits per heavy atom. The molecule has 1 heterocycles. The van der Waals surface area contributed by atoms with Crippen molar-refractivity contribution < 1.29 is 4.39 Å². The number of rotatable bonds is 2. The zero-order valence-electron chi connectivity index (χ0n) is 8.65. The number of hydrogen-bond acceptors (Lipinski definition) is 2. The van der Waals surface area contributed by atoms with E-state index >= 15 is 0 Å². The molecule has 0 spiro atoms. The van der Waals surface area contributed by atoms with Crippen LogP contribution in [0.5, 0.6) is 0 Å². The Kier molecular flexibility index (Phi) is 2.04. The van der Waals surface area contributed by atoms with Crippen molar-refractivity contribution in [1.82, 2.24) is 10.2 Å². The molecule has 0 saturated heterocycles. The molecule has 1 aliphatic rings. The number of nitrogens with two attached hydrogens (primary N) is 1. The molecule has 0 aliphatic heterocycles. The summed E-state index contributed by atoms with van der Waals surface area (Å²) < 4.78 is 12.8. The first-order chi connectivity index (χ1) is 7.75. The van der Waals surface area contributed by atoms with Crippen LogP contribution in [0.4, 0.5) is 4.39 Å². The Morgan fingerprint density at radius 3 is 2.62 bits per heavy atom. The molecule has 0 bridgehead atoms. The average molecular weight is 217 g/mol. The van der Waals surface area contributed by atoms with Gasteiger partial charge in [0.25, 0.3) is 0 Å². The molecule has 2 aromatic rings. The summed E-state index contributed by atoms with van der Waals surface area (Å²) in [6, 6.07) is 6.65. The lowest BCUT2D eigenvalue weighted by molar-refractivity contribution is 0.628. The van der Waals surface area contributed by atoms with Crippen LogP contribution in [0.15, 0.2) is 30.5 Å². The molecule has 0 amide bonds. The zero-order chi connectivity index (χ0) is 11.1. The van der Waals surface area contributed by atoms with Gasteiger partial charge in [-0.3, -0.25) is 5.10 Å². The second-order valence-electron chi connectivity index (χ2n) is 4.21. The molecule has 1 aromatic heterocycles. The molecule has 2 unspecified atom stereocenters. The van der Waals surface area contributed by atoms with Crippen molar-refractivity contribution >= 4 is 0 Å². The minimum atomic E-state index is -0.229. The molecular weight excluding hydrogens is 205 g/mol. The fourth-order valence-corrected chi connectivity index (χ4v) is 2.00. The summed E-state index contributed by atoms with van der Waals surface area (Å²) >= 11 is 0. The number of aromatic amines is 1. The largest absolute Gasteiger partial charge is 0.327 e. The van der Waals surface area contributed by atoms with Crippen LogP contribution in [-0.2, 0) is 0 Å². The lowest BCUT2D eigenvalue weighted by atomic mass is 10.1. The van der Waals surface area contributed by atoms with Gasteiger partial charge < -0.3 is 5.73 Å². The highest BCUT2D eigenvalue weighted by Gasteiger charge is 2.37. The van der Waals surface area contributed by atoms with Gasteiger partial charge >= 0.3 is 0 Å². The Bertz CT molecular complexity index is 503. The molecule has 1 fully saturated rings. The summed E-state index contributed by atoms with van der Waals surface area (Å²) in [6.45, 7) is 0. The van der Waals surface area contributed by atoms with E-state index in [2.05, 4.69) is 10.2 Å². The Morgan fingerprint density at radius 1 is 1.31 bits per heavy atom. The molecule has 0 radical (unpaired) electrons. The van der Waals surface area contributed by atoms with Gasteiger partial charge in [0.05, 0.1) is 11.9 Å². The number of H-pyrrole nitrogens is 1. The highest BCUT2D eigenvalue weighted by Crippen LogP contribution is 2.42. The van der Waals surface area contributed by atoms with Crippen LogP contribution in [0.3, 0.4) is 0 Å². The van der Waals surface area contributed by atoms with Gasteiger partial charge in [-0.2, -0.15) is 5.10 Å². The predicted octanol–water partition coefficient (Wildman–Crippen LogP) is 2.03. The summed E-state index contributed by atoms with van der Waals surface area (Å²) in [5.41, 5.74) is 8.87. The van der Waals surface area contributed by atoms with E-state index in [1.807, 2.05) is 6.20 Å². The number of nitrogens with one attached hydrogen (secondary N) is 1. The highest BCUT2D eigenvalue weighted by molar-refractivity contribution is 5.64. The molecule has 3 N–H and O–H groups in total. The van der Waals surface area contributed by atoms with Gasteiger partial charge in [-0.15, -0.1) is 0 Å². The second-order valence-corrected chi connectivity index (χ2v) is 4.21. The SMILES string of the molecule is NC1CC1c1cn[nH]c1-c1ccc(F)cc1. The van der Waals surface area contributed by atoms with Crippen LogP contribution in [0, 0.1) is 5.82 Å². The number of benzene rings is 1. The van der Waals surface area contributed by atoms with Crippen LogP contribution in [0.25, 0.3) is 11.3 Å². The summed E-state index contributed by atoms with van der Waals surface area (Å²) in [7, 11) is 0. The highest BCUT2D eigenvalue weighted by atomic mass is 19.1. The first kappa shape index (κ1) is 9.54. The summed E-state index contributed by atoms with van der Waals surface area (Å²) in [5.74, 6) is 0.173. The van der Waals surface area contributed by atoms with Crippen molar-refractivity contribution in [3.05, 3.63) is 41.8 Å².